The van der Waals surface area contributed by atoms with Crippen LogP contribution in [0.2, 0.25) is 0 Å². The second-order valence-electron chi connectivity index (χ2n) is 2.78. The highest BCUT2D eigenvalue weighted by atomic mass is 32.2. The highest BCUT2D eigenvalue weighted by molar-refractivity contribution is 7.99. The Labute approximate surface area is 88.7 Å². The molecule has 4 nitrogen and oxygen atoms in total. The smallest absolute Gasteiger partial charge is 0.407 e. The number of aliphatic hydroxyl groups excluding tert-OH is 1. The second-order valence-corrected chi connectivity index (χ2v) is 3.85. The first-order valence-corrected chi connectivity index (χ1v) is 5.62. The molecule has 1 amide bonds. The minimum atomic E-state index is -0.482. The van der Waals surface area contributed by atoms with Crippen molar-refractivity contribution >= 4 is 17.9 Å². The van der Waals surface area contributed by atoms with Crippen LogP contribution in [0.4, 0.5) is 4.79 Å². The van der Waals surface area contributed by atoms with Gasteiger partial charge in [0.1, 0.15) is 6.61 Å². The van der Waals surface area contributed by atoms with Gasteiger partial charge in [0.25, 0.3) is 0 Å². The third-order valence-electron chi connectivity index (χ3n) is 1.72. The zero-order chi connectivity index (χ0) is 11.0. The summed E-state index contributed by atoms with van der Waals surface area (Å²) in [5.74, 6) is 0. The summed E-state index contributed by atoms with van der Waals surface area (Å²) in [5, 5.41) is 11.6. The van der Waals surface area contributed by atoms with E-state index in [-0.39, 0.29) is 24.5 Å². The van der Waals surface area contributed by atoms with Crippen molar-refractivity contribution in [1.29, 1.82) is 0 Å². The average Bonchev–Trinajstić information content (AvgIpc) is 2.16. The number of carbonyl (C=O) groups is 1. The average molecular weight is 219 g/mol. The molecule has 0 saturated heterocycles. The van der Waals surface area contributed by atoms with Crippen LogP contribution in [0.3, 0.4) is 0 Å². The molecule has 0 fully saturated rings. The van der Waals surface area contributed by atoms with Crippen LogP contribution in [-0.2, 0) is 4.74 Å². The third kappa shape index (κ3) is 5.14. The van der Waals surface area contributed by atoms with E-state index in [2.05, 4.69) is 11.9 Å². The summed E-state index contributed by atoms with van der Waals surface area (Å²) in [6, 6.07) is -0.118. The fourth-order valence-corrected chi connectivity index (χ4v) is 1.52. The van der Waals surface area contributed by atoms with Crippen molar-refractivity contribution in [1.82, 2.24) is 5.32 Å². The summed E-state index contributed by atoms with van der Waals surface area (Å²) in [6.45, 7) is 5.48. The Kier molecular flexibility index (Phi) is 7.32. The summed E-state index contributed by atoms with van der Waals surface area (Å²) in [7, 11) is 0. The topological polar surface area (TPSA) is 58.6 Å². The van der Waals surface area contributed by atoms with E-state index >= 15 is 0 Å². The molecule has 0 spiro atoms. The van der Waals surface area contributed by atoms with E-state index in [0.29, 0.717) is 0 Å². The van der Waals surface area contributed by atoms with Crippen LogP contribution in [0.5, 0.6) is 0 Å². The quantitative estimate of drug-likeness (QED) is 0.655. The van der Waals surface area contributed by atoms with Crippen molar-refractivity contribution in [3.05, 3.63) is 12.7 Å². The number of ether oxygens (including phenoxy) is 1. The molecule has 82 valence electrons. The van der Waals surface area contributed by atoms with Crippen LogP contribution in [0.25, 0.3) is 0 Å². The van der Waals surface area contributed by atoms with E-state index in [1.165, 1.54) is 17.8 Å². The van der Waals surface area contributed by atoms with Gasteiger partial charge in [-0.3, -0.25) is 0 Å². The van der Waals surface area contributed by atoms with Gasteiger partial charge in [0.15, 0.2) is 0 Å². The number of carbonyl (C=O) groups excluding carboxylic acids is 1. The molecule has 2 N–H and O–H groups in total. The summed E-state index contributed by atoms with van der Waals surface area (Å²) >= 11 is 1.50. The maximum atomic E-state index is 11.1. The Bertz CT molecular complexity index is 183. The van der Waals surface area contributed by atoms with E-state index in [0.717, 1.165) is 0 Å². The van der Waals surface area contributed by atoms with Gasteiger partial charge < -0.3 is 15.2 Å². The molecule has 5 heteroatoms. The van der Waals surface area contributed by atoms with Gasteiger partial charge in [0.05, 0.1) is 6.61 Å². The molecule has 0 heterocycles. The minimum absolute atomic E-state index is 0.00807. The van der Waals surface area contributed by atoms with Crippen molar-refractivity contribution in [3.8, 4) is 0 Å². The van der Waals surface area contributed by atoms with Crippen LogP contribution >= 0.6 is 11.8 Å². The molecule has 0 bridgehead atoms. The Hall–Kier alpha value is -0.680. The SMILES string of the molecule is C=CCOC(=O)NC(C)C(CO)SC. The maximum Gasteiger partial charge on any atom is 0.407 e. The molecule has 0 saturated carbocycles. The molecule has 0 aromatic heterocycles. The lowest BCUT2D eigenvalue weighted by molar-refractivity contribution is 0.153. The highest BCUT2D eigenvalue weighted by Gasteiger charge is 2.17. The van der Waals surface area contributed by atoms with Crippen molar-refractivity contribution in [2.45, 2.75) is 18.2 Å². The number of aliphatic hydroxyl groups is 1. The first kappa shape index (κ1) is 13.3. The van der Waals surface area contributed by atoms with Crippen molar-refractivity contribution in [2.24, 2.45) is 0 Å². The standard InChI is InChI=1S/C9H17NO3S/c1-4-5-13-9(12)10-7(2)8(6-11)14-3/h4,7-8,11H,1,5-6H2,2-3H3,(H,10,12). The van der Waals surface area contributed by atoms with Gasteiger partial charge in [-0.1, -0.05) is 12.7 Å². The van der Waals surface area contributed by atoms with Crippen LogP contribution in [0.15, 0.2) is 12.7 Å². The number of nitrogens with one attached hydrogen (secondary N) is 1. The van der Waals surface area contributed by atoms with Crippen LogP contribution in [0, 0.1) is 0 Å². The van der Waals surface area contributed by atoms with Crippen LogP contribution in [0.1, 0.15) is 6.92 Å². The van der Waals surface area contributed by atoms with Gasteiger partial charge in [0.2, 0.25) is 0 Å². The van der Waals surface area contributed by atoms with Crippen LogP contribution < -0.4 is 5.32 Å². The fourth-order valence-electron chi connectivity index (χ4n) is 0.892. The van der Waals surface area contributed by atoms with E-state index in [4.69, 9.17) is 9.84 Å². The molecule has 2 unspecified atom stereocenters. The zero-order valence-corrected chi connectivity index (χ0v) is 9.34. The van der Waals surface area contributed by atoms with Gasteiger partial charge in [-0.25, -0.2) is 4.79 Å². The molecular weight excluding hydrogens is 202 g/mol. The van der Waals surface area contributed by atoms with E-state index in [1.807, 2.05) is 13.2 Å². The fraction of sp³-hybridized carbons (Fsp3) is 0.667. The number of amides is 1. The van der Waals surface area contributed by atoms with E-state index < -0.39 is 6.09 Å². The molecule has 0 aromatic carbocycles. The third-order valence-corrected chi connectivity index (χ3v) is 2.88. The normalized spacial score (nSPS) is 14.2. The Balaban J connectivity index is 3.84. The molecule has 0 aliphatic heterocycles. The molecule has 14 heavy (non-hydrogen) atoms. The Morgan fingerprint density at radius 3 is 2.86 bits per heavy atom. The van der Waals surface area contributed by atoms with E-state index in [9.17, 15) is 4.79 Å². The second kappa shape index (κ2) is 7.70. The van der Waals surface area contributed by atoms with Gasteiger partial charge in [0, 0.05) is 11.3 Å². The predicted octanol–water partition coefficient (Wildman–Crippen LogP) is 1.01. The Morgan fingerprint density at radius 1 is 1.79 bits per heavy atom. The molecular formula is C9H17NO3S. The van der Waals surface area contributed by atoms with Gasteiger partial charge in [-0.2, -0.15) is 11.8 Å². The minimum Gasteiger partial charge on any atom is -0.445 e. The van der Waals surface area contributed by atoms with Crippen LogP contribution in [-0.4, -0.2) is 42.0 Å². The number of hydrogen-bond acceptors (Lipinski definition) is 4. The highest BCUT2D eigenvalue weighted by Crippen LogP contribution is 2.10. The first-order chi connectivity index (χ1) is 6.65. The maximum absolute atomic E-state index is 11.1. The number of alkyl carbamates (subject to hydrolysis) is 1. The summed E-state index contributed by atoms with van der Waals surface area (Å²) in [6.07, 6.45) is 2.90. The monoisotopic (exact) mass is 219 g/mol. The lowest BCUT2D eigenvalue weighted by Gasteiger charge is -2.20. The van der Waals surface area contributed by atoms with Crippen molar-refractivity contribution in [3.63, 3.8) is 0 Å². The number of thioether (sulfide) groups is 1. The molecule has 0 radical (unpaired) electrons. The van der Waals surface area contributed by atoms with E-state index in [1.54, 1.807) is 0 Å². The summed E-state index contributed by atoms with van der Waals surface area (Å²) < 4.78 is 4.74. The largest absolute Gasteiger partial charge is 0.445 e. The molecule has 0 aliphatic carbocycles. The summed E-state index contributed by atoms with van der Waals surface area (Å²) in [4.78, 5) is 11.1. The van der Waals surface area contributed by atoms with Crippen molar-refractivity contribution in [2.75, 3.05) is 19.5 Å². The molecule has 0 rings (SSSR count). The molecule has 0 aromatic rings. The predicted molar refractivity (Wildman–Crippen MR) is 58.5 cm³/mol. The summed E-state index contributed by atoms with van der Waals surface area (Å²) in [5.41, 5.74) is 0. The van der Waals surface area contributed by atoms with Gasteiger partial charge in [-0.05, 0) is 13.2 Å². The van der Waals surface area contributed by atoms with Gasteiger partial charge in [-0.15, -0.1) is 0 Å². The van der Waals surface area contributed by atoms with Gasteiger partial charge >= 0.3 is 6.09 Å². The zero-order valence-electron chi connectivity index (χ0n) is 8.53. The Morgan fingerprint density at radius 2 is 2.43 bits per heavy atom. The molecule has 2 atom stereocenters. The number of rotatable bonds is 6. The first-order valence-electron chi connectivity index (χ1n) is 4.33. The number of hydrogen-bond donors (Lipinski definition) is 2. The molecule has 0 aliphatic rings. The van der Waals surface area contributed by atoms with Crippen molar-refractivity contribution < 1.29 is 14.6 Å². The lowest BCUT2D eigenvalue weighted by atomic mass is 10.2. The lowest BCUT2D eigenvalue weighted by Crippen LogP contribution is -2.41.